The Morgan fingerprint density at radius 1 is 1.03 bits per heavy atom. The highest BCUT2D eigenvalue weighted by molar-refractivity contribution is 5.91. The number of hydrogen-bond acceptors (Lipinski definition) is 5. The Morgan fingerprint density at radius 3 is 2.51 bits per heavy atom. The minimum absolute atomic E-state index is 0.0880. The van der Waals surface area contributed by atoms with Crippen molar-refractivity contribution in [2.45, 2.75) is 39.3 Å². The van der Waals surface area contributed by atoms with Crippen LogP contribution in [0.2, 0.25) is 0 Å². The number of hydrogen-bond donors (Lipinski definition) is 0. The van der Waals surface area contributed by atoms with E-state index < -0.39 is 0 Å². The summed E-state index contributed by atoms with van der Waals surface area (Å²) < 4.78 is 12.0. The summed E-state index contributed by atoms with van der Waals surface area (Å²) in [6, 6.07) is 17.9. The lowest BCUT2D eigenvalue weighted by Crippen LogP contribution is -2.48. The number of amides is 2. The molecule has 2 aliphatic heterocycles. The van der Waals surface area contributed by atoms with E-state index in [0.717, 1.165) is 37.2 Å². The van der Waals surface area contributed by atoms with Crippen LogP contribution in [0.5, 0.6) is 5.75 Å². The first-order valence-corrected chi connectivity index (χ1v) is 13.8. The molecule has 7 nitrogen and oxygen atoms in total. The van der Waals surface area contributed by atoms with Gasteiger partial charge in [-0.25, -0.2) is 0 Å². The van der Waals surface area contributed by atoms with E-state index in [1.54, 1.807) is 12.1 Å². The molecule has 2 aromatic carbocycles. The van der Waals surface area contributed by atoms with Gasteiger partial charge in [-0.3, -0.25) is 14.5 Å². The Bertz CT molecular complexity index is 1320. The lowest BCUT2D eigenvalue weighted by Gasteiger charge is -2.38. The zero-order valence-corrected chi connectivity index (χ0v) is 22.9. The van der Waals surface area contributed by atoms with Crippen molar-refractivity contribution in [3.05, 3.63) is 101 Å². The van der Waals surface area contributed by atoms with Gasteiger partial charge in [-0.2, -0.15) is 0 Å². The second-order valence-electron chi connectivity index (χ2n) is 10.3. The molecule has 204 valence electrons. The Labute approximate surface area is 230 Å². The first-order chi connectivity index (χ1) is 19.0. The fourth-order valence-corrected chi connectivity index (χ4v) is 5.46. The van der Waals surface area contributed by atoms with Gasteiger partial charge in [0.25, 0.3) is 5.91 Å². The first kappa shape index (κ1) is 26.8. The average molecular weight is 528 g/mol. The molecule has 5 rings (SSSR count). The number of benzene rings is 2. The Balaban J connectivity index is 1.29. The summed E-state index contributed by atoms with van der Waals surface area (Å²) in [4.78, 5) is 31.9. The molecule has 7 heteroatoms. The lowest BCUT2D eigenvalue weighted by molar-refractivity contribution is -0.132. The molecule has 3 heterocycles. The Hall–Kier alpha value is -3.84. The number of piperazine rings is 1. The predicted molar refractivity (Wildman–Crippen MR) is 151 cm³/mol. The molecule has 0 unspecified atom stereocenters. The Morgan fingerprint density at radius 2 is 1.79 bits per heavy atom. The highest BCUT2D eigenvalue weighted by Gasteiger charge is 2.32. The van der Waals surface area contributed by atoms with Crippen LogP contribution < -0.4 is 4.74 Å². The van der Waals surface area contributed by atoms with E-state index in [0.29, 0.717) is 43.3 Å². The van der Waals surface area contributed by atoms with Crippen molar-refractivity contribution >= 4 is 11.8 Å². The summed E-state index contributed by atoms with van der Waals surface area (Å²) in [5, 5.41) is 0. The van der Waals surface area contributed by atoms with Crippen LogP contribution in [0.3, 0.4) is 0 Å². The standard InChI is InChI=1S/C32H37N3O4/c1-4-15-33-17-19-34(20-18-33)32(37)29-13-12-27(39-29)22-38-26-11-10-24-14-16-35(30(36)5-2)31(28(24)21-26)25-8-6-23(3)7-9-25/h4,6-13,21,31H,1,5,14-20,22H2,2-3H3/t31-/m0/s1. The number of ether oxygens (including phenoxy) is 1. The summed E-state index contributed by atoms with van der Waals surface area (Å²) in [5.41, 5.74) is 4.61. The van der Waals surface area contributed by atoms with Crippen LogP contribution in [-0.4, -0.2) is 65.8 Å². The molecule has 0 saturated carbocycles. The van der Waals surface area contributed by atoms with Gasteiger partial charge in [0, 0.05) is 45.7 Å². The minimum Gasteiger partial charge on any atom is -0.486 e. The molecular weight excluding hydrogens is 490 g/mol. The minimum atomic E-state index is -0.148. The molecular formula is C32H37N3O4. The highest BCUT2D eigenvalue weighted by Crippen LogP contribution is 2.37. The van der Waals surface area contributed by atoms with Crippen molar-refractivity contribution in [3.63, 3.8) is 0 Å². The maximum atomic E-state index is 12.9. The summed E-state index contributed by atoms with van der Waals surface area (Å²) >= 11 is 0. The fourth-order valence-electron chi connectivity index (χ4n) is 5.46. The average Bonchev–Trinajstić information content (AvgIpc) is 3.45. The van der Waals surface area contributed by atoms with Gasteiger partial charge in [-0.05, 0) is 54.3 Å². The van der Waals surface area contributed by atoms with E-state index >= 15 is 0 Å². The van der Waals surface area contributed by atoms with E-state index in [2.05, 4.69) is 48.7 Å². The number of fused-ring (bicyclic) bond motifs is 1. The number of rotatable bonds is 8. The zero-order chi connectivity index (χ0) is 27.4. The largest absolute Gasteiger partial charge is 0.486 e. The van der Waals surface area contributed by atoms with Crippen LogP contribution in [0, 0.1) is 6.92 Å². The quantitative estimate of drug-likeness (QED) is 0.386. The SMILES string of the molecule is C=CCN1CCN(C(=O)c2ccc(COc3ccc4c(c3)[C@H](c3ccc(C)cc3)N(C(=O)CC)CC4)o2)CC1. The molecule has 1 saturated heterocycles. The predicted octanol–water partition coefficient (Wildman–Crippen LogP) is 4.99. The van der Waals surface area contributed by atoms with E-state index in [1.165, 1.54) is 11.1 Å². The van der Waals surface area contributed by atoms with E-state index in [9.17, 15) is 9.59 Å². The van der Waals surface area contributed by atoms with Crippen LogP contribution in [0.15, 0.2) is 71.7 Å². The van der Waals surface area contributed by atoms with Gasteiger partial charge in [-0.15, -0.1) is 6.58 Å². The van der Waals surface area contributed by atoms with Crippen molar-refractivity contribution in [2.24, 2.45) is 0 Å². The second-order valence-corrected chi connectivity index (χ2v) is 10.3. The van der Waals surface area contributed by atoms with Crippen molar-refractivity contribution in [1.29, 1.82) is 0 Å². The molecule has 1 atom stereocenters. The van der Waals surface area contributed by atoms with Gasteiger partial charge < -0.3 is 19.0 Å². The molecule has 0 spiro atoms. The zero-order valence-electron chi connectivity index (χ0n) is 22.9. The monoisotopic (exact) mass is 527 g/mol. The molecule has 0 N–H and O–H groups in total. The Kier molecular flexibility index (Phi) is 8.17. The third kappa shape index (κ3) is 5.93. The van der Waals surface area contributed by atoms with Crippen molar-refractivity contribution in [2.75, 3.05) is 39.3 Å². The van der Waals surface area contributed by atoms with Gasteiger partial charge >= 0.3 is 0 Å². The van der Waals surface area contributed by atoms with Gasteiger partial charge in [0.05, 0.1) is 6.04 Å². The van der Waals surface area contributed by atoms with Crippen LogP contribution >= 0.6 is 0 Å². The van der Waals surface area contributed by atoms with Crippen LogP contribution in [0.4, 0.5) is 0 Å². The van der Waals surface area contributed by atoms with Crippen LogP contribution in [-0.2, 0) is 17.8 Å². The van der Waals surface area contributed by atoms with Crippen molar-refractivity contribution < 1.29 is 18.7 Å². The maximum absolute atomic E-state index is 12.9. The summed E-state index contributed by atoms with van der Waals surface area (Å²) in [6.07, 6.45) is 3.18. The van der Waals surface area contributed by atoms with E-state index in [4.69, 9.17) is 9.15 Å². The number of furan rings is 1. The molecule has 2 aliphatic rings. The van der Waals surface area contributed by atoms with Gasteiger partial charge in [0.15, 0.2) is 5.76 Å². The van der Waals surface area contributed by atoms with E-state index in [-0.39, 0.29) is 24.5 Å². The van der Waals surface area contributed by atoms with Gasteiger partial charge in [0.1, 0.15) is 18.1 Å². The molecule has 39 heavy (non-hydrogen) atoms. The second kappa shape index (κ2) is 11.9. The van der Waals surface area contributed by atoms with Gasteiger partial charge in [-0.1, -0.05) is 48.9 Å². The summed E-state index contributed by atoms with van der Waals surface area (Å²) in [6.45, 7) is 12.5. The fraction of sp³-hybridized carbons (Fsp3) is 0.375. The van der Waals surface area contributed by atoms with Crippen molar-refractivity contribution in [3.8, 4) is 5.75 Å². The highest BCUT2D eigenvalue weighted by atomic mass is 16.5. The number of carbonyl (C=O) groups is 2. The molecule has 0 aliphatic carbocycles. The first-order valence-electron chi connectivity index (χ1n) is 13.8. The number of carbonyl (C=O) groups excluding carboxylic acids is 2. The normalized spacial score (nSPS) is 17.5. The molecule has 1 aromatic heterocycles. The molecule has 0 bridgehead atoms. The lowest BCUT2D eigenvalue weighted by atomic mass is 9.87. The number of aryl methyl sites for hydroxylation is 1. The van der Waals surface area contributed by atoms with E-state index in [1.807, 2.05) is 34.9 Å². The third-order valence-corrected chi connectivity index (χ3v) is 7.66. The molecule has 0 radical (unpaired) electrons. The van der Waals surface area contributed by atoms with Crippen molar-refractivity contribution in [1.82, 2.24) is 14.7 Å². The molecule has 2 amide bonds. The number of nitrogens with zero attached hydrogens (tertiary/aromatic N) is 3. The summed E-state index contributed by atoms with van der Waals surface area (Å²) in [5.74, 6) is 1.70. The van der Waals surface area contributed by atoms with Crippen LogP contribution in [0.1, 0.15) is 58.0 Å². The maximum Gasteiger partial charge on any atom is 0.289 e. The topological polar surface area (TPSA) is 66.2 Å². The van der Waals surface area contributed by atoms with Crippen LogP contribution in [0.25, 0.3) is 0 Å². The molecule has 3 aromatic rings. The smallest absolute Gasteiger partial charge is 0.289 e. The summed E-state index contributed by atoms with van der Waals surface area (Å²) in [7, 11) is 0. The third-order valence-electron chi connectivity index (χ3n) is 7.66. The molecule has 1 fully saturated rings. The van der Waals surface area contributed by atoms with Gasteiger partial charge in [0.2, 0.25) is 5.91 Å².